The third kappa shape index (κ3) is 3.15. The van der Waals surface area contributed by atoms with Crippen LogP contribution in [-0.4, -0.2) is 24.7 Å². The molecule has 2 N–H and O–H groups in total. The summed E-state index contributed by atoms with van der Waals surface area (Å²) in [6.45, 7) is 4.30. The minimum absolute atomic E-state index is 0.129. The van der Waals surface area contributed by atoms with E-state index in [4.69, 9.17) is 16.3 Å². The monoisotopic (exact) mass is 268 g/mol. The maximum absolute atomic E-state index is 11.0. The summed E-state index contributed by atoms with van der Waals surface area (Å²) in [7, 11) is 0. The van der Waals surface area contributed by atoms with E-state index in [0.29, 0.717) is 16.8 Å². The molecule has 0 aliphatic carbocycles. The van der Waals surface area contributed by atoms with Crippen LogP contribution >= 0.6 is 11.6 Å². The topological polar surface area (TPSA) is 50.4 Å². The van der Waals surface area contributed by atoms with Crippen LogP contribution in [0.5, 0.6) is 0 Å². The Balaban J connectivity index is 2.06. The van der Waals surface area contributed by atoms with Gasteiger partial charge in [0.25, 0.3) is 0 Å². The Morgan fingerprint density at radius 2 is 2.28 bits per heavy atom. The maximum atomic E-state index is 11.0. The van der Waals surface area contributed by atoms with Crippen molar-refractivity contribution in [2.45, 2.75) is 32.4 Å². The van der Waals surface area contributed by atoms with E-state index in [-0.39, 0.29) is 12.0 Å². The summed E-state index contributed by atoms with van der Waals surface area (Å²) in [5.74, 6) is -0.129. The average molecular weight is 269 g/mol. The van der Waals surface area contributed by atoms with Gasteiger partial charge in [-0.2, -0.15) is 0 Å². The van der Waals surface area contributed by atoms with Crippen LogP contribution in [0, 0.1) is 0 Å². The average Bonchev–Trinajstić information content (AvgIpc) is 2.68. The van der Waals surface area contributed by atoms with E-state index in [1.54, 1.807) is 6.07 Å². The highest BCUT2D eigenvalue weighted by molar-refractivity contribution is 6.34. The van der Waals surface area contributed by atoms with Crippen molar-refractivity contribution in [1.82, 2.24) is 0 Å². The Hall–Kier alpha value is -1.26. The van der Waals surface area contributed by atoms with Gasteiger partial charge in [-0.15, -0.1) is 0 Å². The lowest BCUT2D eigenvalue weighted by molar-refractivity contribution is -0.114. The number of halogens is 1. The van der Waals surface area contributed by atoms with Crippen molar-refractivity contribution >= 4 is 28.9 Å². The molecule has 0 aromatic heterocycles. The standard InChI is InChI=1S/C13H17ClN2O2/c1-8-12(5-6-18-8)16-10-3-4-13(11(14)7-10)15-9(2)17/h3-4,7-8,12,16H,5-6H2,1-2H3,(H,15,17). The van der Waals surface area contributed by atoms with Crippen molar-refractivity contribution in [3.8, 4) is 0 Å². The molecule has 1 aliphatic heterocycles. The van der Waals surface area contributed by atoms with Gasteiger partial charge in [-0.3, -0.25) is 4.79 Å². The zero-order valence-electron chi connectivity index (χ0n) is 10.5. The second-order valence-corrected chi connectivity index (χ2v) is 4.90. The number of ether oxygens (including phenoxy) is 1. The lowest BCUT2D eigenvalue weighted by atomic mass is 10.1. The number of nitrogens with one attached hydrogen (secondary N) is 2. The quantitative estimate of drug-likeness (QED) is 0.886. The Morgan fingerprint density at radius 1 is 1.50 bits per heavy atom. The van der Waals surface area contributed by atoms with E-state index in [1.165, 1.54) is 6.92 Å². The van der Waals surface area contributed by atoms with Crippen LogP contribution in [-0.2, 0) is 9.53 Å². The van der Waals surface area contributed by atoms with Gasteiger partial charge in [0.05, 0.1) is 22.9 Å². The third-order valence-electron chi connectivity index (χ3n) is 3.01. The summed E-state index contributed by atoms with van der Waals surface area (Å²) in [6, 6.07) is 5.83. The molecule has 2 unspecified atom stereocenters. The first-order chi connectivity index (χ1) is 8.56. The minimum atomic E-state index is -0.129. The van der Waals surface area contributed by atoms with Gasteiger partial charge in [0, 0.05) is 19.2 Å². The van der Waals surface area contributed by atoms with Crippen molar-refractivity contribution in [3.63, 3.8) is 0 Å². The molecular weight excluding hydrogens is 252 g/mol. The molecule has 1 heterocycles. The third-order valence-corrected chi connectivity index (χ3v) is 3.32. The van der Waals surface area contributed by atoms with Gasteiger partial charge in [-0.25, -0.2) is 0 Å². The van der Waals surface area contributed by atoms with Crippen molar-refractivity contribution in [2.24, 2.45) is 0 Å². The van der Waals surface area contributed by atoms with Crippen LogP contribution in [0.2, 0.25) is 5.02 Å². The first-order valence-electron chi connectivity index (χ1n) is 6.01. The van der Waals surface area contributed by atoms with E-state index in [0.717, 1.165) is 18.7 Å². The van der Waals surface area contributed by atoms with E-state index in [1.807, 2.05) is 12.1 Å². The number of anilines is 2. The van der Waals surface area contributed by atoms with Crippen LogP contribution < -0.4 is 10.6 Å². The normalized spacial score (nSPS) is 22.8. The summed E-state index contributed by atoms with van der Waals surface area (Å²) in [5, 5.41) is 6.60. The Morgan fingerprint density at radius 3 is 2.83 bits per heavy atom. The van der Waals surface area contributed by atoms with Crippen LogP contribution in [0.25, 0.3) is 0 Å². The lowest BCUT2D eigenvalue weighted by Gasteiger charge is -2.18. The van der Waals surface area contributed by atoms with Gasteiger partial charge in [0.15, 0.2) is 0 Å². The summed E-state index contributed by atoms with van der Waals surface area (Å²) in [5.41, 5.74) is 1.57. The van der Waals surface area contributed by atoms with E-state index >= 15 is 0 Å². The van der Waals surface area contributed by atoms with E-state index < -0.39 is 0 Å². The molecule has 1 saturated heterocycles. The molecule has 18 heavy (non-hydrogen) atoms. The first kappa shape index (κ1) is 13.2. The van der Waals surface area contributed by atoms with Crippen molar-refractivity contribution < 1.29 is 9.53 Å². The number of rotatable bonds is 3. The molecule has 2 atom stereocenters. The molecule has 1 aromatic rings. The minimum Gasteiger partial charge on any atom is -0.380 e. The van der Waals surface area contributed by atoms with Crippen molar-refractivity contribution in [2.75, 3.05) is 17.2 Å². The highest BCUT2D eigenvalue weighted by Crippen LogP contribution is 2.27. The number of carbonyl (C=O) groups excluding carboxylic acids is 1. The number of benzene rings is 1. The number of carbonyl (C=O) groups is 1. The SMILES string of the molecule is CC(=O)Nc1ccc(NC2CCOC2C)cc1Cl. The first-order valence-corrected chi connectivity index (χ1v) is 6.39. The van der Waals surface area contributed by atoms with Crippen LogP contribution in [0.4, 0.5) is 11.4 Å². The zero-order chi connectivity index (χ0) is 13.1. The van der Waals surface area contributed by atoms with Gasteiger partial charge < -0.3 is 15.4 Å². The second-order valence-electron chi connectivity index (χ2n) is 4.49. The zero-order valence-corrected chi connectivity index (χ0v) is 11.3. The largest absolute Gasteiger partial charge is 0.380 e. The van der Waals surface area contributed by atoms with Gasteiger partial charge in [0.1, 0.15) is 0 Å². The molecule has 4 nitrogen and oxygen atoms in total. The summed E-state index contributed by atoms with van der Waals surface area (Å²) >= 11 is 6.11. The van der Waals surface area contributed by atoms with Crippen LogP contribution in [0.15, 0.2) is 18.2 Å². The molecule has 2 rings (SSSR count). The molecule has 5 heteroatoms. The fourth-order valence-corrected chi connectivity index (χ4v) is 2.26. The highest BCUT2D eigenvalue weighted by atomic mass is 35.5. The summed E-state index contributed by atoms with van der Waals surface area (Å²) in [6.07, 6.45) is 1.20. The molecule has 0 saturated carbocycles. The van der Waals surface area contributed by atoms with Gasteiger partial charge in [-0.05, 0) is 31.5 Å². The fraction of sp³-hybridized carbons (Fsp3) is 0.462. The maximum Gasteiger partial charge on any atom is 0.221 e. The Labute approximate surface area is 112 Å². The molecule has 0 radical (unpaired) electrons. The molecule has 1 aromatic carbocycles. The number of amides is 1. The summed E-state index contributed by atoms with van der Waals surface area (Å²) in [4.78, 5) is 11.0. The molecule has 1 aliphatic rings. The number of hydrogen-bond acceptors (Lipinski definition) is 3. The Bertz CT molecular complexity index is 451. The van der Waals surface area contributed by atoms with Crippen molar-refractivity contribution in [3.05, 3.63) is 23.2 Å². The molecule has 0 spiro atoms. The van der Waals surface area contributed by atoms with Crippen molar-refractivity contribution in [1.29, 1.82) is 0 Å². The van der Waals surface area contributed by atoms with Gasteiger partial charge >= 0.3 is 0 Å². The molecule has 1 fully saturated rings. The van der Waals surface area contributed by atoms with E-state index in [2.05, 4.69) is 17.6 Å². The van der Waals surface area contributed by atoms with Crippen LogP contribution in [0.3, 0.4) is 0 Å². The Kier molecular flexibility index (Phi) is 4.09. The second kappa shape index (κ2) is 5.59. The van der Waals surface area contributed by atoms with Crippen LogP contribution in [0.1, 0.15) is 20.3 Å². The predicted octanol–water partition coefficient (Wildman–Crippen LogP) is 2.89. The lowest BCUT2D eigenvalue weighted by Crippen LogP contribution is -2.26. The molecule has 1 amide bonds. The summed E-state index contributed by atoms with van der Waals surface area (Å²) < 4.78 is 5.49. The highest BCUT2D eigenvalue weighted by Gasteiger charge is 2.23. The molecule has 98 valence electrons. The van der Waals surface area contributed by atoms with Gasteiger partial charge in [0.2, 0.25) is 5.91 Å². The molecule has 0 bridgehead atoms. The molecular formula is C13H17ClN2O2. The van der Waals surface area contributed by atoms with Gasteiger partial charge in [-0.1, -0.05) is 11.6 Å². The van der Waals surface area contributed by atoms with E-state index in [9.17, 15) is 4.79 Å². The smallest absolute Gasteiger partial charge is 0.221 e. The fourth-order valence-electron chi connectivity index (χ4n) is 2.03. The predicted molar refractivity (Wildman–Crippen MR) is 73.2 cm³/mol. The number of hydrogen-bond donors (Lipinski definition) is 2.